The average Bonchev–Trinajstić information content (AvgIpc) is 2.28. The fraction of sp³-hybridized carbons (Fsp3) is 0.182. The summed E-state index contributed by atoms with van der Waals surface area (Å²) in [7, 11) is 0. The molecule has 6 heteroatoms. The zero-order chi connectivity index (χ0) is 12.4. The molecule has 0 amide bonds. The Morgan fingerprint density at radius 2 is 2.00 bits per heavy atom. The Balaban J connectivity index is 2.55. The van der Waals surface area contributed by atoms with Crippen molar-refractivity contribution in [2.24, 2.45) is 0 Å². The van der Waals surface area contributed by atoms with Crippen molar-refractivity contribution in [2.75, 3.05) is 0 Å². The standard InChI is InChI=1S/C11H9Br2N3O/c1-6-2-8(5-17)16-11(15-6)10-9(13)3-7(12)4-14-10/h2-4,17H,5H2,1H3. The van der Waals surface area contributed by atoms with Gasteiger partial charge >= 0.3 is 0 Å². The van der Waals surface area contributed by atoms with Gasteiger partial charge in [-0.15, -0.1) is 0 Å². The number of hydrogen-bond donors (Lipinski definition) is 1. The molecule has 0 bridgehead atoms. The van der Waals surface area contributed by atoms with Crippen LogP contribution >= 0.6 is 31.9 Å². The highest BCUT2D eigenvalue weighted by molar-refractivity contribution is 9.11. The molecule has 0 unspecified atom stereocenters. The van der Waals surface area contributed by atoms with Crippen molar-refractivity contribution in [2.45, 2.75) is 13.5 Å². The Labute approximate surface area is 115 Å². The van der Waals surface area contributed by atoms with Crippen molar-refractivity contribution in [3.05, 3.63) is 38.7 Å². The Morgan fingerprint density at radius 3 is 2.65 bits per heavy atom. The molecule has 0 atom stereocenters. The largest absolute Gasteiger partial charge is 0.390 e. The van der Waals surface area contributed by atoms with Crippen LogP contribution in [0.1, 0.15) is 11.4 Å². The smallest absolute Gasteiger partial charge is 0.179 e. The molecule has 1 N–H and O–H groups in total. The van der Waals surface area contributed by atoms with Gasteiger partial charge in [-0.05, 0) is 50.9 Å². The van der Waals surface area contributed by atoms with Crippen LogP contribution in [0.15, 0.2) is 27.3 Å². The zero-order valence-corrected chi connectivity index (χ0v) is 12.2. The summed E-state index contributed by atoms with van der Waals surface area (Å²) in [4.78, 5) is 12.8. The lowest BCUT2D eigenvalue weighted by Crippen LogP contribution is -1.99. The van der Waals surface area contributed by atoms with E-state index in [9.17, 15) is 0 Å². The summed E-state index contributed by atoms with van der Waals surface area (Å²) >= 11 is 6.76. The SMILES string of the molecule is Cc1cc(CO)nc(-c2ncc(Br)cc2Br)n1. The number of hydrogen-bond acceptors (Lipinski definition) is 4. The second-order valence-corrected chi connectivity index (χ2v) is 5.24. The van der Waals surface area contributed by atoms with Crippen LogP contribution in [-0.2, 0) is 6.61 Å². The highest BCUT2D eigenvalue weighted by Crippen LogP contribution is 2.26. The van der Waals surface area contributed by atoms with E-state index in [1.807, 2.05) is 13.0 Å². The van der Waals surface area contributed by atoms with Crippen LogP contribution in [0.25, 0.3) is 11.5 Å². The first kappa shape index (κ1) is 12.6. The number of aliphatic hydroxyl groups excluding tert-OH is 1. The monoisotopic (exact) mass is 357 g/mol. The number of halogens is 2. The summed E-state index contributed by atoms with van der Waals surface area (Å²) in [5.74, 6) is 0.508. The van der Waals surface area contributed by atoms with E-state index < -0.39 is 0 Å². The minimum atomic E-state index is -0.107. The van der Waals surface area contributed by atoms with Gasteiger partial charge in [-0.3, -0.25) is 4.98 Å². The van der Waals surface area contributed by atoms with Gasteiger partial charge in [0.05, 0.1) is 12.3 Å². The maximum atomic E-state index is 9.12. The van der Waals surface area contributed by atoms with E-state index in [2.05, 4.69) is 46.8 Å². The van der Waals surface area contributed by atoms with E-state index in [0.717, 1.165) is 14.6 Å². The molecule has 0 saturated heterocycles. The van der Waals surface area contributed by atoms with Crippen LogP contribution in [0.4, 0.5) is 0 Å². The Morgan fingerprint density at radius 1 is 1.24 bits per heavy atom. The third-order valence-electron chi connectivity index (χ3n) is 2.09. The molecule has 4 nitrogen and oxygen atoms in total. The number of aliphatic hydroxyl groups is 1. The molecule has 0 radical (unpaired) electrons. The molecule has 2 aromatic heterocycles. The highest BCUT2D eigenvalue weighted by atomic mass is 79.9. The molecule has 0 aliphatic carbocycles. The fourth-order valence-corrected chi connectivity index (χ4v) is 2.56. The predicted octanol–water partition coefficient (Wildman–Crippen LogP) is 2.86. The topological polar surface area (TPSA) is 58.9 Å². The lowest BCUT2D eigenvalue weighted by atomic mass is 10.3. The summed E-state index contributed by atoms with van der Waals surface area (Å²) in [6, 6.07) is 3.63. The van der Waals surface area contributed by atoms with Gasteiger partial charge in [-0.2, -0.15) is 0 Å². The van der Waals surface area contributed by atoms with E-state index in [4.69, 9.17) is 5.11 Å². The molecule has 2 rings (SSSR count). The normalized spacial score (nSPS) is 10.6. The summed E-state index contributed by atoms with van der Waals surface area (Å²) in [6.07, 6.45) is 1.68. The molecule has 2 heterocycles. The van der Waals surface area contributed by atoms with Crippen molar-refractivity contribution in [1.29, 1.82) is 0 Å². The molecule has 2 aromatic rings. The van der Waals surface area contributed by atoms with E-state index in [0.29, 0.717) is 17.2 Å². The third-order valence-corrected chi connectivity index (χ3v) is 3.13. The molecule has 0 spiro atoms. The lowest BCUT2D eigenvalue weighted by molar-refractivity contribution is 0.276. The van der Waals surface area contributed by atoms with Gasteiger partial charge in [0.2, 0.25) is 0 Å². The second-order valence-electron chi connectivity index (χ2n) is 3.47. The van der Waals surface area contributed by atoms with Crippen molar-refractivity contribution < 1.29 is 5.11 Å². The zero-order valence-electron chi connectivity index (χ0n) is 8.98. The Kier molecular flexibility index (Phi) is 3.86. The average molecular weight is 359 g/mol. The van der Waals surface area contributed by atoms with Crippen LogP contribution in [0.5, 0.6) is 0 Å². The lowest BCUT2D eigenvalue weighted by Gasteiger charge is -2.05. The molecule has 88 valence electrons. The molecule has 17 heavy (non-hydrogen) atoms. The van der Waals surface area contributed by atoms with Gasteiger partial charge in [-0.25, -0.2) is 9.97 Å². The Hall–Kier alpha value is -0.850. The quantitative estimate of drug-likeness (QED) is 0.896. The number of nitrogens with zero attached hydrogens (tertiary/aromatic N) is 3. The van der Waals surface area contributed by atoms with Crippen LogP contribution in [0, 0.1) is 6.92 Å². The maximum absolute atomic E-state index is 9.12. The van der Waals surface area contributed by atoms with E-state index in [1.54, 1.807) is 12.3 Å². The molecular weight excluding hydrogens is 350 g/mol. The minimum absolute atomic E-state index is 0.107. The minimum Gasteiger partial charge on any atom is -0.390 e. The first-order valence-corrected chi connectivity index (χ1v) is 6.45. The van der Waals surface area contributed by atoms with Crippen molar-refractivity contribution in [1.82, 2.24) is 15.0 Å². The van der Waals surface area contributed by atoms with Gasteiger partial charge in [0, 0.05) is 20.8 Å². The highest BCUT2D eigenvalue weighted by Gasteiger charge is 2.10. The maximum Gasteiger partial charge on any atom is 0.179 e. The number of rotatable bonds is 2. The first-order valence-electron chi connectivity index (χ1n) is 4.87. The summed E-state index contributed by atoms with van der Waals surface area (Å²) in [5.41, 5.74) is 2.05. The molecule has 0 aromatic carbocycles. The van der Waals surface area contributed by atoms with Gasteiger partial charge < -0.3 is 5.11 Å². The molecule has 0 aliphatic rings. The van der Waals surface area contributed by atoms with Crippen molar-refractivity contribution >= 4 is 31.9 Å². The van der Waals surface area contributed by atoms with Crippen LogP contribution < -0.4 is 0 Å². The van der Waals surface area contributed by atoms with Gasteiger partial charge in [0.1, 0.15) is 5.69 Å². The second kappa shape index (κ2) is 5.20. The predicted molar refractivity (Wildman–Crippen MR) is 71.3 cm³/mol. The number of aromatic nitrogens is 3. The van der Waals surface area contributed by atoms with Crippen LogP contribution in [0.3, 0.4) is 0 Å². The molecular formula is C11H9Br2N3O. The fourth-order valence-electron chi connectivity index (χ4n) is 1.40. The van der Waals surface area contributed by atoms with Crippen molar-refractivity contribution in [3.8, 4) is 11.5 Å². The summed E-state index contributed by atoms with van der Waals surface area (Å²) in [6.45, 7) is 1.75. The van der Waals surface area contributed by atoms with Gasteiger partial charge in [-0.1, -0.05) is 0 Å². The van der Waals surface area contributed by atoms with Crippen LogP contribution in [-0.4, -0.2) is 20.1 Å². The number of pyridine rings is 1. The van der Waals surface area contributed by atoms with E-state index >= 15 is 0 Å². The molecule has 0 fully saturated rings. The Bertz CT molecular complexity index is 560. The molecule has 0 saturated carbocycles. The van der Waals surface area contributed by atoms with Crippen molar-refractivity contribution in [3.63, 3.8) is 0 Å². The third kappa shape index (κ3) is 2.88. The van der Waals surface area contributed by atoms with E-state index in [-0.39, 0.29) is 6.61 Å². The van der Waals surface area contributed by atoms with Crippen LogP contribution in [0.2, 0.25) is 0 Å². The van der Waals surface area contributed by atoms with E-state index in [1.165, 1.54) is 0 Å². The first-order chi connectivity index (χ1) is 8.10. The molecule has 0 aliphatic heterocycles. The van der Waals surface area contributed by atoms with Gasteiger partial charge in [0.25, 0.3) is 0 Å². The summed E-state index contributed by atoms with van der Waals surface area (Å²) < 4.78 is 1.68. The summed E-state index contributed by atoms with van der Waals surface area (Å²) in [5, 5.41) is 9.12. The van der Waals surface area contributed by atoms with Gasteiger partial charge in [0.15, 0.2) is 5.82 Å². The number of aryl methyl sites for hydroxylation is 1.